The standard InChI is InChI=1S/C13H10Cl2N4O/c1-8(20-12-3-2-9(14)6-10(12)15)11-4-5-16-13-17-7-18-19(11)13/h2-8H,1H3/t8-/m1/s1. The fourth-order valence-corrected chi connectivity index (χ4v) is 2.34. The van der Waals surface area contributed by atoms with Gasteiger partial charge in [-0.1, -0.05) is 23.2 Å². The SMILES string of the molecule is C[C@@H](Oc1ccc(Cl)cc1Cl)c1ccnc2ncnn12. The Balaban J connectivity index is 1.93. The van der Waals surface area contributed by atoms with Gasteiger partial charge in [-0.15, -0.1) is 0 Å². The van der Waals surface area contributed by atoms with Crippen LogP contribution in [0.4, 0.5) is 0 Å². The largest absolute Gasteiger partial charge is 0.483 e. The van der Waals surface area contributed by atoms with Crippen LogP contribution in [0.25, 0.3) is 5.78 Å². The van der Waals surface area contributed by atoms with Crippen molar-refractivity contribution in [3.05, 3.63) is 52.5 Å². The molecule has 0 amide bonds. The van der Waals surface area contributed by atoms with Gasteiger partial charge in [0, 0.05) is 11.2 Å². The molecule has 0 N–H and O–H groups in total. The van der Waals surface area contributed by atoms with Gasteiger partial charge >= 0.3 is 0 Å². The molecule has 3 aromatic rings. The zero-order chi connectivity index (χ0) is 14.1. The molecule has 0 aliphatic carbocycles. The number of nitrogens with zero attached hydrogens (tertiary/aromatic N) is 4. The summed E-state index contributed by atoms with van der Waals surface area (Å²) < 4.78 is 7.49. The summed E-state index contributed by atoms with van der Waals surface area (Å²) in [5.74, 6) is 1.09. The van der Waals surface area contributed by atoms with Gasteiger partial charge in [0.05, 0.1) is 10.7 Å². The minimum absolute atomic E-state index is 0.263. The van der Waals surface area contributed by atoms with Crippen LogP contribution >= 0.6 is 23.2 Å². The van der Waals surface area contributed by atoms with E-state index in [0.29, 0.717) is 21.6 Å². The number of halogens is 2. The van der Waals surface area contributed by atoms with E-state index >= 15 is 0 Å². The fraction of sp³-hybridized carbons (Fsp3) is 0.154. The summed E-state index contributed by atoms with van der Waals surface area (Å²) in [6.45, 7) is 1.90. The highest BCUT2D eigenvalue weighted by Gasteiger charge is 2.14. The van der Waals surface area contributed by atoms with Crippen molar-refractivity contribution in [2.75, 3.05) is 0 Å². The molecule has 0 saturated carbocycles. The Morgan fingerprint density at radius 2 is 2.05 bits per heavy atom. The zero-order valence-corrected chi connectivity index (χ0v) is 12.0. The number of hydrogen-bond acceptors (Lipinski definition) is 4. The third kappa shape index (κ3) is 2.42. The van der Waals surface area contributed by atoms with E-state index in [0.717, 1.165) is 5.69 Å². The molecule has 0 fully saturated rings. The van der Waals surface area contributed by atoms with E-state index in [9.17, 15) is 0 Å². The van der Waals surface area contributed by atoms with E-state index in [1.54, 1.807) is 28.9 Å². The summed E-state index contributed by atoms with van der Waals surface area (Å²) in [5, 5.41) is 5.16. The highest BCUT2D eigenvalue weighted by Crippen LogP contribution is 2.31. The molecule has 2 heterocycles. The van der Waals surface area contributed by atoms with Crippen molar-refractivity contribution < 1.29 is 4.74 Å². The van der Waals surface area contributed by atoms with Crippen LogP contribution in [0.2, 0.25) is 10.0 Å². The Hall–Kier alpha value is -1.85. The van der Waals surface area contributed by atoms with Crippen molar-refractivity contribution in [1.29, 1.82) is 0 Å². The first-order valence-electron chi connectivity index (χ1n) is 5.91. The molecule has 0 aliphatic heterocycles. The molecule has 2 aromatic heterocycles. The van der Waals surface area contributed by atoms with Crippen LogP contribution in [-0.2, 0) is 0 Å². The summed E-state index contributed by atoms with van der Waals surface area (Å²) in [4.78, 5) is 8.15. The lowest BCUT2D eigenvalue weighted by molar-refractivity contribution is 0.219. The van der Waals surface area contributed by atoms with Gasteiger partial charge < -0.3 is 4.74 Å². The van der Waals surface area contributed by atoms with E-state index in [-0.39, 0.29) is 6.10 Å². The lowest BCUT2D eigenvalue weighted by atomic mass is 10.2. The molecule has 0 unspecified atom stereocenters. The van der Waals surface area contributed by atoms with Crippen molar-refractivity contribution in [2.24, 2.45) is 0 Å². The maximum Gasteiger partial charge on any atom is 0.252 e. The quantitative estimate of drug-likeness (QED) is 0.742. The number of benzene rings is 1. The lowest BCUT2D eigenvalue weighted by Gasteiger charge is -2.16. The van der Waals surface area contributed by atoms with Crippen LogP contribution < -0.4 is 4.74 Å². The Kier molecular flexibility index (Phi) is 3.46. The highest BCUT2D eigenvalue weighted by atomic mass is 35.5. The van der Waals surface area contributed by atoms with Crippen molar-refractivity contribution in [1.82, 2.24) is 19.6 Å². The molecule has 0 bridgehead atoms. The van der Waals surface area contributed by atoms with Crippen LogP contribution in [0, 0.1) is 0 Å². The maximum absolute atomic E-state index is 6.10. The molecule has 0 saturated heterocycles. The van der Waals surface area contributed by atoms with Crippen LogP contribution in [0.5, 0.6) is 5.75 Å². The second kappa shape index (κ2) is 5.26. The van der Waals surface area contributed by atoms with Gasteiger partial charge in [-0.3, -0.25) is 0 Å². The van der Waals surface area contributed by atoms with Gasteiger partial charge in [0.2, 0.25) is 0 Å². The molecule has 20 heavy (non-hydrogen) atoms. The van der Waals surface area contributed by atoms with Gasteiger partial charge in [0.25, 0.3) is 5.78 Å². The zero-order valence-electron chi connectivity index (χ0n) is 10.5. The van der Waals surface area contributed by atoms with Crippen molar-refractivity contribution in [3.63, 3.8) is 0 Å². The minimum Gasteiger partial charge on any atom is -0.483 e. The van der Waals surface area contributed by atoms with Gasteiger partial charge in [0.1, 0.15) is 18.2 Å². The van der Waals surface area contributed by atoms with E-state index < -0.39 is 0 Å². The fourth-order valence-electron chi connectivity index (χ4n) is 1.89. The van der Waals surface area contributed by atoms with Gasteiger partial charge in [0.15, 0.2) is 0 Å². The molecule has 0 radical (unpaired) electrons. The van der Waals surface area contributed by atoms with E-state index in [2.05, 4.69) is 15.1 Å². The number of fused-ring (bicyclic) bond motifs is 1. The van der Waals surface area contributed by atoms with E-state index in [4.69, 9.17) is 27.9 Å². The van der Waals surface area contributed by atoms with Crippen LogP contribution in [-0.4, -0.2) is 19.6 Å². The average Bonchev–Trinajstić information content (AvgIpc) is 2.90. The normalized spacial score (nSPS) is 12.6. The number of aromatic nitrogens is 4. The molecule has 102 valence electrons. The summed E-state index contributed by atoms with van der Waals surface area (Å²) in [7, 11) is 0. The Morgan fingerprint density at radius 1 is 1.20 bits per heavy atom. The molecule has 7 heteroatoms. The minimum atomic E-state index is -0.263. The Bertz CT molecular complexity index is 759. The lowest BCUT2D eigenvalue weighted by Crippen LogP contribution is -2.10. The average molecular weight is 309 g/mol. The Labute approximate surface area is 125 Å². The van der Waals surface area contributed by atoms with Crippen molar-refractivity contribution in [2.45, 2.75) is 13.0 Å². The summed E-state index contributed by atoms with van der Waals surface area (Å²) in [5.41, 5.74) is 0.832. The number of hydrogen-bond donors (Lipinski definition) is 0. The molecule has 3 rings (SSSR count). The first kappa shape index (κ1) is 13.1. The molecule has 1 atom stereocenters. The van der Waals surface area contributed by atoms with E-state index in [1.807, 2.05) is 13.0 Å². The second-order valence-corrected chi connectivity index (χ2v) is 5.02. The summed E-state index contributed by atoms with van der Waals surface area (Å²) in [6.07, 6.45) is 2.86. The molecule has 0 spiro atoms. The van der Waals surface area contributed by atoms with Gasteiger partial charge in [-0.05, 0) is 31.2 Å². The molecule has 5 nitrogen and oxygen atoms in total. The summed E-state index contributed by atoms with van der Waals surface area (Å²) in [6, 6.07) is 6.94. The van der Waals surface area contributed by atoms with Crippen LogP contribution in [0.1, 0.15) is 18.7 Å². The van der Waals surface area contributed by atoms with Crippen molar-refractivity contribution >= 4 is 29.0 Å². The molecule has 0 aliphatic rings. The maximum atomic E-state index is 6.10. The first-order chi connectivity index (χ1) is 9.65. The number of rotatable bonds is 3. The monoisotopic (exact) mass is 308 g/mol. The van der Waals surface area contributed by atoms with Gasteiger partial charge in [-0.25, -0.2) is 4.98 Å². The molecular weight excluding hydrogens is 299 g/mol. The third-order valence-corrected chi connectivity index (χ3v) is 3.35. The molecular formula is C13H10Cl2N4O. The third-order valence-electron chi connectivity index (χ3n) is 2.82. The molecule has 1 aromatic carbocycles. The number of ether oxygens (including phenoxy) is 1. The topological polar surface area (TPSA) is 52.3 Å². The summed E-state index contributed by atoms with van der Waals surface area (Å²) >= 11 is 12.0. The van der Waals surface area contributed by atoms with E-state index in [1.165, 1.54) is 6.33 Å². The predicted octanol–water partition coefficient (Wildman–Crippen LogP) is 3.57. The van der Waals surface area contributed by atoms with Gasteiger partial charge in [-0.2, -0.15) is 14.6 Å². The first-order valence-corrected chi connectivity index (χ1v) is 6.67. The Morgan fingerprint density at radius 3 is 2.85 bits per heavy atom. The second-order valence-electron chi connectivity index (χ2n) is 4.18. The smallest absolute Gasteiger partial charge is 0.252 e. The highest BCUT2D eigenvalue weighted by molar-refractivity contribution is 6.35. The predicted molar refractivity (Wildman–Crippen MR) is 76.3 cm³/mol. The van der Waals surface area contributed by atoms with Crippen molar-refractivity contribution in [3.8, 4) is 5.75 Å². The van der Waals surface area contributed by atoms with Crippen LogP contribution in [0.15, 0.2) is 36.8 Å². The van der Waals surface area contributed by atoms with Crippen LogP contribution in [0.3, 0.4) is 0 Å².